The zero-order chi connectivity index (χ0) is 17.3. The molecule has 1 aromatic carbocycles. The number of rotatable bonds is 3. The lowest BCUT2D eigenvalue weighted by Crippen LogP contribution is -2.34. The number of imide groups is 1. The summed E-state index contributed by atoms with van der Waals surface area (Å²) < 4.78 is 0. The molecule has 122 valence electrons. The molecule has 0 saturated carbocycles. The van der Waals surface area contributed by atoms with E-state index in [0.29, 0.717) is 21.5 Å². The Balaban J connectivity index is 1.74. The maximum Gasteiger partial charge on any atom is 0.437 e. The summed E-state index contributed by atoms with van der Waals surface area (Å²) in [7, 11) is 0. The fourth-order valence-corrected chi connectivity index (χ4v) is 2.22. The Bertz CT molecular complexity index is 863. The van der Waals surface area contributed by atoms with Crippen molar-refractivity contribution in [1.82, 2.24) is 10.0 Å². The number of hydroxylamine groups is 2. The summed E-state index contributed by atoms with van der Waals surface area (Å²) in [6.45, 7) is 0. The maximum atomic E-state index is 11.8. The molecule has 2 aromatic rings. The van der Waals surface area contributed by atoms with Gasteiger partial charge >= 0.3 is 6.09 Å². The number of nitrogens with zero attached hydrogens (tertiary/aromatic N) is 2. The Labute approximate surface area is 135 Å². The molecular formula is C15H12N4O5. The highest BCUT2D eigenvalue weighted by Crippen LogP contribution is 2.18. The van der Waals surface area contributed by atoms with Gasteiger partial charge in [-0.1, -0.05) is 0 Å². The summed E-state index contributed by atoms with van der Waals surface area (Å²) in [6, 6.07) is 7.80. The topological polar surface area (TPSA) is 132 Å². The van der Waals surface area contributed by atoms with Crippen LogP contribution in [0.2, 0.25) is 0 Å². The molecule has 0 unspecified atom stereocenters. The Morgan fingerprint density at radius 2 is 1.83 bits per heavy atom. The summed E-state index contributed by atoms with van der Waals surface area (Å²) in [6.07, 6.45) is -0.968. The quantitative estimate of drug-likeness (QED) is 0.806. The summed E-state index contributed by atoms with van der Waals surface area (Å²) in [5, 5.41) is 3.43. The SMILES string of the molecule is NC(=O)c1ccc2nc(NC(=O)ON3C(=O)CCC3=O)ccc2c1. The third kappa shape index (κ3) is 3.00. The molecule has 1 saturated heterocycles. The second kappa shape index (κ2) is 5.95. The molecule has 9 nitrogen and oxygen atoms in total. The van der Waals surface area contributed by atoms with Crippen LogP contribution < -0.4 is 11.1 Å². The number of hydrogen-bond donors (Lipinski definition) is 2. The predicted molar refractivity (Wildman–Crippen MR) is 81.5 cm³/mol. The van der Waals surface area contributed by atoms with Crippen molar-refractivity contribution in [2.75, 3.05) is 5.32 Å². The van der Waals surface area contributed by atoms with Crippen LogP contribution in [0.3, 0.4) is 0 Å². The number of benzene rings is 1. The van der Waals surface area contributed by atoms with E-state index in [-0.39, 0.29) is 18.7 Å². The second-order valence-electron chi connectivity index (χ2n) is 5.05. The van der Waals surface area contributed by atoms with Crippen LogP contribution >= 0.6 is 0 Å². The van der Waals surface area contributed by atoms with Crippen molar-refractivity contribution in [3.05, 3.63) is 35.9 Å². The normalized spacial score (nSPS) is 14.1. The van der Waals surface area contributed by atoms with E-state index in [0.717, 1.165) is 0 Å². The average molecular weight is 328 g/mol. The minimum atomic E-state index is -1.00. The van der Waals surface area contributed by atoms with Crippen molar-refractivity contribution >= 4 is 40.5 Å². The van der Waals surface area contributed by atoms with Crippen LogP contribution in [-0.4, -0.2) is 33.9 Å². The largest absolute Gasteiger partial charge is 0.437 e. The summed E-state index contributed by atoms with van der Waals surface area (Å²) in [5.41, 5.74) is 6.07. The number of pyridine rings is 1. The van der Waals surface area contributed by atoms with E-state index in [1.54, 1.807) is 18.2 Å². The van der Waals surface area contributed by atoms with Gasteiger partial charge in [0.2, 0.25) is 5.91 Å². The third-order valence-corrected chi connectivity index (χ3v) is 3.38. The zero-order valence-corrected chi connectivity index (χ0v) is 12.3. The lowest BCUT2D eigenvalue weighted by atomic mass is 10.1. The summed E-state index contributed by atoms with van der Waals surface area (Å²) >= 11 is 0. The van der Waals surface area contributed by atoms with Crippen molar-refractivity contribution in [1.29, 1.82) is 0 Å². The molecule has 0 bridgehead atoms. The molecule has 4 amide bonds. The number of carbonyl (C=O) groups is 4. The standard InChI is InChI=1S/C15H12N4O5/c16-14(22)9-1-3-10-8(7-9)2-4-11(17-10)18-15(23)24-19-12(20)5-6-13(19)21/h1-4,7H,5-6H2,(H2,16,22)(H,17,18,23). The first-order valence-electron chi connectivity index (χ1n) is 6.99. The van der Waals surface area contributed by atoms with Crippen LogP contribution in [0.25, 0.3) is 10.9 Å². The van der Waals surface area contributed by atoms with Crippen LogP contribution in [-0.2, 0) is 14.4 Å². The number of primary amides is 1. The molecule has 1 aromatic heterocycles. The molecule has 3 rings (SSSR count). The van der Waals surface area contributed by atoms with Crippen molar-refractivity contribution in [2.45, 2.75) is 12.8 Å². The molecule has 3 N–H and O–H groups in total. The summed E-state index contributed by atoms with van der Waals surface area (Å²) in [4.78, 5) is 54.5. The Hall–Kier alpha value is -3.49. The molecule has 9 heteroatoms. The first-order chi connectivity index (χ1) is 11.4. The minimum Gasteiger partial charge on any atom is -0.366 e. The Kier molecular flexibility index (Phi) is 3.82. The molecule has 1 aliphatic heterocycles. The van der Waals surface area contributed by atoms with Crippen LogP contribution in [0.1, 0.15) is 23.2 Å². The monoisotopic (exact) mass is 328 g/mol. The van der Waals surface area contributed by atoms with Gasteiger partial charge in [-0.3, -0.25) is 19.7 Å². The number of fused-ring (bicyclic) bond motifs is 1. The van der Waals surface area contributed by atoms with Gasteiger partial charge in [-0.05, 0) is 30.3 Å². The third-order valence-electron chi connectivity index (χ3n) is 3.38. The van der Waals surface area contributed by atoms with Crippen molar-refractivity contribution in [3.63, 3.8) is 0 Å². The van der Waals surface area contributed by atoms with Gasteiger partial charge in [0.15, 0.2) is 0 Å². The summed E-state index contributed by atoms with van der Waals surface area (Å²) in [5.74, 6) is -1.53. The molecule has 0 atom stereocenters. The number of amides is 4. The van der Waals surface area contributed by atoms with Crippen molar-refractivity contribution in [2.24, 2.45) is 5.73 Å². The zero-order valence-electron chi connectivity index (χ0n) is 12.3. The fourth-order valence-electron chi connectivity index (χ4n) is 2.22. The van der Waals surface area contributed by atoms with Gasteiger partial charge in [0.05, 0.1) is 5.52 Å². The number of anilines is 1. The van der Waals surface area contributed by atoms with E-state index in [1.165, 1.54) is 12.1 Å². The molecular weight excluding hydrogens is 316 g/mol. The Morgan fingerprint density at radius 3 is 2.50 bits per heavy atom. The molecule has 1 aliphatic rings. The van der Waals surface area contributed by atoms with Gasteiger partial charge < -0.3 is 10.6 Å². The van der Waals surface area contributed by atoms with Gasteiger partial charge in [0, 0.05) is 23.8 Å². The van der Waals surface area contributed by atoms with Crippen LogP contribution in [0, 0.1) is 0 Å². The second-order valence-corrected chi connectivity index (χ2v) is 5.05. The fraction of sp³-hybridized carbons (Fsp3) is 0.133. The molecule has 1 fully saturated rings. The molecule has 0 spiro atoms. The maximum absolute atomic E-state index is 11.8. The van der Waals surface area contributed by atoms with E-state index in [4.69, 9.17) is 5.73 Å². The Morgan fingerprint density at radius 1 is 1.12 bits per heavy atom. The smallest absolute Gasteiger partial charge is 0.366 e. The molecule has 0 radical (unpaired) electrons. The van der Waals surface area contributed by atoms with Gasteiger partial charge in [-0.25, -0.2) is 9.78 Å². The first-order valence-corrected chi connectivity index (χ1v) is 6.99. The van der Waals surface area contributed by atoms with E-state index in [1.807, 2.05) is 0 Å². The molecule has 2 heterocycles. The first kappa shape index (κ1) is 15.4. The van der Waals surface area contributed by atoms with Crippen molar-refractivity contribution < 1.29 is 24.0 Å². The van der Waals surface area contributed by atoms with Crippen LogP contribution in [0.4, 0.5) is 10.6 Å². The van der Waals surface area contributed by atoms with E-state index in [2.05, 4.69) is 15.1 Å². The number of aromatic nitrogens is 1. The highest BCUT2D eigenvalue weighted by Gasteiger charge is 2.32. The molecule has 0 aliphatic carbocycles. The minimum absolute atomic E-state index is 0.0164. The van der Waals surface area contributed by atoms with Gasteiger partial charge in [0.1, 0.15) is 5.82 Å². The molecule has 24 heavy (non-hydrogen) atoms. The van der Waals surface area contributed by atoms with Gasteiger partial charge in [-0.2, -0.15) is 0 Å². The predicted octanol–water partition coefficient (Wildman–Crippen LogP) is 0.946. The van der Waals surface area contributed by atoms with Gasteiger partial charge in [0.25, 0.3) is 11.8 Å². The van der Waals surface area contributed by atoms with E-state index < -0.39 is 23.8 Å². The lowest BCUT2D eigenvalue weighted by molar-refractivity contribution is -0.170. The average Bonchev–Trinajstić information content (AvgIpc) is 2.86. The van der Waals surface area contributed by atoms with E-state index in [9.17, 15) is 19.2 Å². The van der Waals surface area contributed by atoms with Gasteiger partial charge in [-0.15, -0.1) is 5.06 Å². The highest BCUT2D eigenvalue weighted by atomic mass is 16.7. The van der Waals surface area contributed by atoms with E-state index >= 15 is 0 Å². The van der Waals surface area contributed by atoms with Crippen LogP contribution in [0.15, 0.2) is 30.3 Å². The van der Waals surface area contributed by atoms with Crippen molar-refractivity contribution in [3.8, 4) is 0 Å². The number of nitrogens with one attached hydrogen (secondary N) is 1. The highest BCUT2D eigenvalue weighted by molar-refractivity contribution is 6.02. The number of carbonyl (C=O) groups excluding carboxylic acids is 4. The van der Waals surface area contributed by atoms with Crippen LogP contribution in [0.5, 0.6) is 0 Å². The lowest BCUT2D eigenvalue weighted by Gasteiger charge is -2.13. The number of hydrogen-bond acceptors (Lipinski definition) is 6. The number of nitrogens with two attached hydrogens (primary N) is 1.